The molecule has 1 heteroatoms. The molecule has 0 heterocycles. The first kappa shape index (κ1) is 7.18. The summed E-state index contributed by atoms with van der Waals surface area (Å²) in [5, 5.41) is 0. The molecule has 1 nitrogen and oxygen atoms in total. The van der Waals surface area contributed by atoms with Gasteiger partial charge in [-0.05, 0) is 6.42 Å². The van der Waals surface area contributed by atoms with Crippen molar-refractivity contribution in [3.05, 3.63) is 36.5 Å². The minimum Gasteiger partial charge on any atom is -0.412 e. The Bertz CT molecular complexity index is 106. The highest BCUT2D eigenvalue weighted by molar-refractivity contribution is 5.16. The van der Waals surface area contributed by atoms with E-state index in [9.17, 15) is 0 Å². The van der Waals surface area contributed by atoms with Gasteiger partial charge in [0.2, 0.25) is 0 Å². The van der Waals surface area contributed by atoms with E-state index >= 15 is 0 Å². The van der Waals surface area contributed by atoms with Crippen molar-refractivity contribution in [2.24, 2.45) is 0 Å². The quantitative estimate of drug-likeness (QED) is 0.449. The zero-order valence-electron chi connectivity index (χ0n) is 4.67. The van der Waals surface area contributed by atoms with Gasteiger partial charge in [-0.3, -0.25) is 0 Å². The topological polar surface area (TPSA) is 31.5 Å². The lowest BCUT2D eigenvalue weighted by molar-refractivity contribution is 0.824. The number of rotatable bonds is 0. The van der Waals surface area contributed by atoms with Gasteiger partial charge in [0.25, 0.3) is 0 Å². The van der Waals surface area contributed by atoms with Crippen LogP contribution in [-0.4, -0.2) is 5.48 Å². The second kappa shape index (κ2) is 4.34. The van der Waals surface area contributed by atoms with Crippen molar-refractivity contribution >= 4 is 0 Å². The minimum absolute atomic E-state index is 0. The first-order valence-corrected chi connectivity index (χ1v) is 2.48. The van der Waals surface area contributed by atoms with Gasteiger partial charge < -0.3 is 5.48 Å². The molecule has 0 unspecified atom stereocenters. The normalized spacial score (nSPS) is 15.0. The summed E-state index contributed by atoms with van der Waals surface area (Å²) in [5.41, 5.74) is 0. The largest absolute Gasteiger partial charge is 0.412 e. The lowest BCUT2D eigenvalue weighted by Gasteiger charge is -1.69. The minimum atomic E-state index is 0. The first-order valence-electron chi connectivity index (χ1n) is 2.48. The molecule has 0 fully saturated rings. The number of hydrogen-bond donors (Lipinski definition) is 0. The van der Waals surface area contributed by atoms with Crippen molar-refractivity contribution in [3.8, 4) is 0 Å². The Labute approximate surface area is 49.3 Å². The molecule has 0 saturated carbocycles. The smallest absolute Gasteiger partial charge is 0.0163 e. The molecule has 0 saturated heterocycles. The third kappa shape index (κ3) is 2.37. The molecule has 0 amide bonds. The van der Waals surface area contributed by atoms with Crippen LogP contribution in [0.5, 0.6) is 0 Å². The van der Waals surface area contributed by atoms with E-state index in [1.54, 1.807) is 0 Å². The lowest BCUT2D eigenvalue weighted by atomic mass is 10.4. The molecule has 0 aromatic carbocycles. The van der Waals surface area contributed by atoms with Crippen molar-refractivity contribution in [3.63, 3.8) is 0 Å². The molecule has 44 valence electrons. The Hall–Kier alpha value is -0.820. The standard InChI is InChI=1S/C7H8.H2O/c1-2-4-6-7-5-3-1;/h1-6H,7H2;1H2. The third-order valence-electron chi connectivity index (χ3n) is 0.878. The summed E-state index contributed by atoms with van der Waals surface area (Å²) in [5.74, 6) is 0. The van der Waals surface area contributed by atoms with E-state index in [4.69, 9.17) is 0 Å². The lowest BCUT2D eigenvalue weighted by Crippen LogP contribution is -1.48. The zero-order chi connectivity index (χ0) is 4.95. The maximum atomic E-state index is 2.12. The summed E-state index contributed by atoms with van der Waals surface area (Å²) in [4.78, 5) is 0. The maximum Gasteiger partial charge on any atom is -0.0163 e. The molecule has 0 aliphatic heterocycles. The summed E-state index contributed by atoms with van der Waals surface area (Å²) >= 11 is 0. The van der Waals surface area contributed by atoms with Crippen LogP contribution >= 0.6 is 0 Å². The van der Waals surface area contributed by atoms with Gasteiger partial charge in [0.05, 0.1) is 0 Å². The van der Waals surface area contributed by atoms with Gasteiger partial charge in [0, 0.05) is 0 Å². The molecular weight excluding hydrogens is 100 g/mol. The molecule has 1 rings (SSSR count). The Morgan fingerprint density at radius 1 is 0.750 bits per heavy atom. The molecule has 8 heavy (non-hydrogen) atoms. The van der Waals surface area contributed by atoms with Gasteiger partial charge in [-0.15, -0.1) is 0 Å². The first-order chi connectivity index (χ1) is 3.50. The van der Waals surface area contributed by atoms with E-state index < -0.39 is 0 Å². The molecule has 0 bridgehead atoms. The molecule has 0 atom stereocenters. The van der Waals surface area contributed by atoms with Crippen LogP contribution in [0.2, 0.25) is 0 Å². The summed E-state index contributed by atoms with van der Waals surface area (Å²) < 4.78 is 0. The SMILES string of the molecule is C1=CC=CCC=C1.O. The maximum absolute atomic E-state index is 2.12. The van der Waals surface area contributed by atoms with Crippen molar-refractivity contribution < 1.29 is 5.48 Å². The van der Waals surface area contributed by atoms with E-state index in [2.05, 4.69) is 24.3 Å². The average Bonchev–Trinajstić information content (AvgIpc) is 1.90. The average molecular weight is 110 g/mol. The van der Waals surface area contributed by atoms with Gasteiger partial charge in [-0.1, -0.05) is 36.5 Å². The predicted molar refractivity (Wildman–Crippen MR) is 35.7 cm³/mol. The molecular formula is C7H10O. The van der Waals surface area contributed by atoms with E-state index in [0.29, 0.717) is 0 Å². The van der Waals surface area contributed by atoms with E-state index in [1.807, 2.05) is 12.2 Å². The van der Waals surface area contributed by atoms with Crippen molar-refractivity contribution in [1.29, 1.82) is 0 Å². The molecule has 1 aliphatic carbocycles. The van der Waals surface area contributed by atoms with Crippen LogP contribution in [0.4, 0.5) is 0 Å². The predicted octanol–water partition coefficient (Wildman–Crippen LogP) is 1.23. The van der Waals surface area contributed by atoms with Gasteiger partial charge in [0.15, 0.2) is 0 Å². The van der Waals surface area contributed by atoms with Gasteiger partial charge in [0.1, 0.15) is 0 Å². The van der Waals surface area contributed by atoms with Crippen LogP contribution in [0, 0.1) is 0 Å². The molecule has 2 N–H and O–H groups in total. The monoisotopic (exact) mass is 110 g/mol. The van der Waals surface area contributed by atoms with Crippen LogP contribution in [0.15, 0.2) is 36.5 Å². The fourth-order valence-corrected chi connectivity index (χ4v) is 0.521. The summed E-state index contributed by atoms with van der Waals surface area (Å²) in [6.45, 7) is 0. The Balaban J connectivity index is 0.000000490. The summed E-state index contributed by atoms with van der Waals surface area (Å²) in [6, 6.07) is 0. The fourth-order valence-electron chi connectivity index (χ4n) is 0.521. The molecule has 0 aromatic rings. The number of allylic oxidation sites excluding steroid dienone is 6. The highest BCUT2D eigenvalue weighted by Crippen LogP contribution is 1.91. The highest BCUT2D eigenvalue weighted by Gasteiger charge is 1.70. The summed E-state index contributed by atoms with van der Waals surface area (Å²) in [6.07, 6.45) is 13.5. The van der Waals surface area contributed by atoms with Crippen LogP contribution in [0.3, 0.4) is 0 Å². The second-order valence-electron chi connectivity index (χ2n) is 1.48. The molecule has 0 aromatic heterocycles. The number of hydrogen-bond acceptors (Lipinski definition) is 0. The molecule has 0 spiro atoms. The molecule has 0 radical (unpaired) electrons. The van der Waals surface area contributed by atoms with Crippen molar-refractivity contribution in [2.75, 3.05) is 0 Å². The third-order valence-corrected chi connectivity index (χ3v) is 0.878. The van der Waals surface area contributed by atoms with Crippen LogP contribution in [0.1, 0.15) is 6.42 Å². The van der Waals surface area contributed by atoms with Gasteiger partial charge >= 0.3 is 0 Å². The highest BCUT2D eigenvalue weighted by atomic mass is 16.0. The Kier molecular flexibility index (Phi) is 3.90. The van der Waals surface area contributed by atoms with E-state index in [1.165, 1.54) is 0 Å². The molecule has 1 aliphatic rings. The fraction of sp³-hybridized carbons (Fsp3) is 0.143. The Morgan fingerprint density at radius 3 is 1.75 bits per heavy atom. The van der Waals surface area contributed by atoms with Crippen molar-refractivity contribution in [1.82, 2.24) is 0 Å². The van der Waals surface area contributed by atoms with E-state index in [0.717, 1.165) is 6.42 Å². The van der Waals surface area contributed by atoms with Crippen LogP contribution in [-0.2, 0) is 0 Å². The second-order valence-corrected chi connectivity index (χ2v) is 1.48. The summed E-state index contributed by atoms with van der Waals surface area (Å²) in [7, 11) is 0. The van der Waals surface area contributed by atoms with Crippen LogP contribution < -0.4 is 0 Å². The van der Waals surface area contributed by atoms with Crippen LogP contribution in [0.25, 0.3) is 0 Å². The van der Waals surface area contributed by atoms with Crippen molar-refractivity contribution in [2.45, 2.75) is 6.42 Å². The van der Waals surface area contributed by atoms with Gasteiger partial charge in [-0.2, -0.15) is 0 Å². The van der Waals surface area contributed by atoms with Gasteiger partial charge in [-0.25, -0.2) is 0 Å². The zero-order valence-corrected chi connectivity index (χ0v) is 4.67. The Morgan fingerprint density at radius 2 is 1.25 bits per heavy atom. The van der Waals surface area contributed by atoms with E-state index in [-0.39, 0.29) is 5.48 Å².